The van der Waals surface area contributed by atoms with Crippen LogP contribution in [-0.4, -0.2) is 23.3 Å². The van der Waals surface area contributed by atoms with E-state index in [9.17, 15) is 9.59 Å². The van der Waals surface area contributed by atoms with Gasteiger partial charge in [0.15, 0.2) is 0 Å². The first kappa shape index (κ1) is 21.2. The second kappa shape index (κ2) is 8.76. The summed E-state index contributed by atoms with van der Waals surface area (Å²) >= 11 is 0. The van der Waals surface area contributed by atoms with E-state index in [2.05, 4.69) is 11.4 Å². The lowest BCUT2D eigenvalue weighted by atomic mass is 9.76. The third-order valence-electron chi connectivity index (χ3n) is 6.82. The second-order valence-corrected chi connectivity index (χ2v) is 8.89. The van der Waals surface area contributed by atoms with Gasteiger partial charge >= 0.3 is 0 Å². The Bertz CT molecular complexity index is 1400. The van der Waals surface area contributed by atoms with Gasteiger partial charge in [0.25, 0.3) is 5.91 Å². The van der Waals surface area contributed by atoms with E-state index in [0.717, 1.165) is 23.3 Å². The Labute approximate surface area is 204 Å². The van der Waals surface area contributed by atoms with Crippen LogP contribution in [-0.2, 0) is 11.2 Å². The number of fused-ring (bicyclic) bond motifs is 4. The highest BCUT2D eigenvalue weighted by Gasteiger charge is 2.46. The summed E-state index contributed by atoms with van der Waals surface area (Å²) in [6, 6.07) is 32.2. The van der Waals surface area contributed by atoms with Crippen molar-refractivity contribution in [3.8, 4) is 11.5 Å². The summed E-state index contributed by atoms with van der Waals surface area (Å²) in [6.45, 7) is 0.601. The molecule has 0 spiro atoms. The Morgan fingerprint density at radius 2 is 1.43 bits per heavy atom. The number of amides is 2. The van der Waals surface area contributed by atoms with Gasteiger partial charge < -0.3 is 15.0 Å². The Morgan fingerprint density at radius 1 is 0.771 bits per heavy atom. The summed E-state index contributed by atoms with van der Waals surface area (Å²) in [5.41, 5.74) is 4.31. The number of para-hydroxylation sites is 1. The van der Waals surface area contributed by atoms with Gasteiger partial charge in [0.1, 0.15) is 11.5 Å². The lowest BCUT2D eigenvalue weighted by Crippen LogP contribution is -2.49. The summed E-state index contributed by atoms with van der Waals surface area (Å²) < 4.78 is 5.87. The molecule has 35 heavy (non-hydrogen) atoms. The number of hydrogen-bond donors (Lipinski definition) is 1. The standard InChI is InChI=1S/C30H24N2O3/c33-29(31-21-14-16-23(17-15-21)35-22-9-2-1-3-10-22)27-25-12-6-7-13-26(25)30(34)32-19-18-20-8-4-5-11-24(20)28(27)32/h1-17,27-28H,18-19H2,(H,31,33)/t27-,28-/m1/s1. The van der Waals surface area contributed by atoms with Crippen LogP contribution in [0.15, 0.2) is 103 Å². The quantitative estimate of drug-likeness (QED) is 0.409. The van der Waals surface area contributed by atoms with Crippen molar-refractivity contribution >= 4 is 17.5 Å². The second-order valence-electron chi connectivity index (χ2n) is 8.89. The number of nitrogens with one attached hydrogen (secondary N) is 1. The van der Waals surface area contributed by atoms with Crippen LogP contribution in [0.25, 0.3) is 0 Å². The normalized spacial score (nSPS) is 18.2. The number of benzene rings is 4. The first-order valence-electron chi connectivity index (χ1n) is 11.8. The zero-order chi connectivity index (χ0) is 23.8. The van der Waals surface area contributed by atoms with Crippen LogP contribution in [0.1, 0.15) is 39.0 Å². The molecule has 0 fully saturated rings. The zero-order valence-corrected chi connectivity index (χ0v) is 19.1. The minimum Gasteiger partial charge on any atom is -0.457 e. The van der Waals surface area contributed by atoms with Crippen molar-refractivity contribution in [2.45, 2.75) is 18.4 Å². The van der Waals surface area contributed by atoms with Crippen molar-refractivity contribution in [2.24, 2.45) is 0 Å². The topological polar surface area (TPSA) is 58.6 Å². The molecule has 2 aliphatic heterocycles. The molecule has 172 valence electrons. The van der Waals surface area contributed by atoms with Crippen LogP contribution in [0, 0.1) is 0 Å². The third kappa shape index (κ3) is 3.85. The van der Waals surface area contributed by atoms with Crippen LogP contribution in [0.5, 0.6) is 11.5 Å². The van der Waals surface area contributed by atoms with Gasteiger partial charge in [0.05, 0.1) is 12.0 Å². The van der Waals surface area contributed by atoms with Crippen molar-refractivity contribution in [3.63, 3.8) is 0 Å². The van der Waals surface area contributed by atoms with Crippen molar-refractivity contribution in [1.82, 2.24) is 4.90 Å². The monoisotopic (exact) mass is 460 g/mol. The van der Waals surface area contributed by atoms with E-state index in [0.29, 0.717) is 23.5 Å². The van der Waals surface area contributed by atoms with E-state index >= 15 is 0 Å². The molecule has 1 N–H and O–H groups in total. The highest BCUT2D eigenvalue weighted by atomic mass is 16.5. The Kier molecular flexibility index (Phi) is 5.30. The van der Waals surface area contributed by atoms with Crippen LogP contribution in [0.2, 0.25) is 0 Å². The van der Waals surface area contributed by atoms with Crippen LogP contribution >= 0.6 is 0 Å². The molecule has 2 atom stereocenters. The fraction of sp³-hybridized carbons (Fsp3) is 0.133. The van der Waals surface area contributed by atoms with Crippen LogP contribution < -0.4 is 10.1 Å². The van der Waals surface area contributed by atoms with Gasteiger partial charge in [-0.15, -0.1) is 0 Å². The number of carbonyl (C=O) groups is 2. The number of hydrogen-bond acceptors (Lipinski definition) is 3. The van der Waals surface area contributed by atoms with Gasteiger partial charge in [-0.1, -0.05) is 60.7 Å². The largest absolute Gasteiger partial charge is 0.457 e. The molecule has 0 bridgehead atoms. The summed E-state index contributed by atoms with van der Waals surface area (Å²) in [5, 5.41) is 3.09. The maximum atomic E-state index is 13.8. The fourth-order valence-electron chi connectivity index (χ4n) is 5.21. The molecule has 2 aliphatic rings. The predicted octanol–water partition coefficient (Wildman–Crippen LogP) is 5.95. The van der Waals surface area contributed by atoms with Gasteiger partial charge in [-0.3, -0.25) is 9.59 Å². The Balaban J connectivity index is 1.32. The molecular formula is C30H24N2O3. The number of ether oxygens (including phenoxy) is 1. The van der Waals surface area contributed by atoms with E-state index in [-0.39, 0.29) is 17.9 Å². The molecule has 2 heterocycles. The van der Waals surface area contributed by atoms with Gasteiger partial charge in [-0.2, -0.15) is 0 Å². The van der Waals surface area contributed by atoms with Gasteiger partial charge in [0, 0.05) is 17.8 Å². The molecule has 0 aliphatic carbocycles. The van der Waals surface area contributed by atoms with Crippen molar-refractivity contribution in [2.75, 3.05) is 11.9 Å². The average molecular weight is 461 g/mol. The number of rotatable bonds is 4. The maximum absolute atomic E-state index is 13.8. The molecule has 0 saturated carbocycles. The molecule has 0 radical (unpaired) electrons. The van der Waals surface area contributed by atoms with Gasteiger partial charge in [0.2, 0.25) is 5.91 Å². The minimum absolute atomic E-state index is 0.00781. The van der Waals surface area contributed by atoms with Crippen LogP contribution in [0.4, 0.5) is 5.69 Å². The SMILES string of the molecule is O=C(Nc1ccc(Oc2ccccc2)cc1)[C@@H]1c2ccccc2C(=O)N2CCc3ccccc3[C@H]12. The van der Waals surface area contributed by atoms with E-state index < -0.39 is 5.92 Å². The lowest BCUT2D eigenvalue weighted by molar-refractivity contribution is -0.119. The van der Waals surface area contributed by atoms with E-state index in [1.54, 1.807) is 0 Å². The molecule has 0 aromatic heterocycles. The summed E-state index contributed by atoms with van der Waals surface area (Å²) in [6.07, 6.45) is 0.789. The summed E-state index contributed by atoms with van der Waals surface area (Å²) in [4.78, 5) is 29.0. The highest BCUT2D eigenvalue weighted by Crippen LogP contribution is 2.46. The number of nitrogens with zero attached hydrogens (tertiary/aromatic N) is 1. The summed E-state index contributed by atoms with van der Waals surface area (Å²) in [7, 11) is 0. The average Bonchev–Trinajstić information content (AvgIpc) is 2.90. The van der Waals surface area contributed by atoms with Gasteiger partial charge in [-0.25, -0.2) is 0 Å². The zero-order valence-electron chi connectivity index (χ0n) is 19.1. The molecule has 0 unspecified atom stereocenters. The third-order valence-corrected chi connectivity index (χ3v) is 6.82. The smallest absolute Gasteiger partial charge is 0.254 e. The maximum Gasteiger partial charge on any atom is 0.254 e. The van der Waals surface area contributed by atoms with Gasteiger partial charge in [-0.05, 0) is 65.6 Å². The molecular weight excluding hydrogens is 436 g/mol. The molecule has 5 heteroatoms. The molecule has 4 aromatic rings. The first-order chi connectivity index (χ1) is 17.2. The van der Waals surface area contributed by atoms with Crippen molar-refractivity contribution in [3.05, 3.63) is 125 Å². The first-order valence-corrected chi connectivity index (χ1v) is 11.8. The molecule has 0 saturated heterocycles. The van der Waals surface area contributed by atoms with Crippen molar-refractivity contribution in [1.29, 1.82) is 0 Å². The van der Waals surface area contributed by atoms with E-state index in [4.69, 9.17) is 4.74 Å². The molecule has 6 rings (SSSR count). The number of anilines is 1. The van der Waals surface area contributed by atoms with Crippen LogP contribution in [0.3, 0.4) is 0 Å². The number of carbonyl (C=O) groups excluding carboxylic acids is 2. The van der Waals surface area contributed by atoms with Crippen molar-refractivity contribution < 1.29 is 14.3 Å². The van der Waals surface area contributed by atoms with E-state index in [1.807, 2.05) is 102 Å². The minimum atomic E-state index is -0.509. The Morgan fingerprint density at radius 3 is 2.23 bits per heavy atom. The Hall–Kier alpha value is -4.38. The molecule has 5 nitrogen and oxygen atoms in total. The fourth-order valence-corrected chi connectivity index (χ4v) is 5.21. The predicted molar refractivity (Wildman–Crippen MR) is 135 cm³/mol. The molecule has 4 aromatic carbocycles. The summed E-state index contributed by atoms with van der Waals surface area (Å²) in [5.74, 6) is 0.796. The highest BCUT2D eigenvalue weighted by molar-refractivity contribution is 6.04. The molecule has 2 amide bonds. The van der Waals surface area contributed by atoms with E-state index in [1.165, 1.54) is 5.56 Å². The lowest BCUT2D eigenvalue weighted by Gasteiger charge is -2.45.